The fourth-order valence-corrected chi connectivity index (χ4v) is 4.85. The molecule has 0 aliphatic carbocycles. The van der Waals surface area contributed by atoms with Gasteiger partial charge in [0.25, 0.3) is 11.5 Å². The Kier molecular flexibility index (Phi) is 5.77. The molecule has 0 fully saturated rings. The Hall–Kier alpha value is -4.10. The van der Waals surface area contributed by atoms with Crippen LogP contribution in [0.3, 0.4) is 0 Å². The predicted octanol–water partition coefficient (Wildman–Crippen LogP) is 5.44. The molecule has 0 unspecified atom stereocenters. The number of amides is 1. The first-order valence-electron chi connectivity index (χ1n) is 10.9. The average Bonchev–Trinajstić information content (AvgIpc) is 3.31. The number of aromatic nitrogens is 3. The highest BCUT2D eigenvalue weighted by Gasteiger charge is 2.14. The lowest BCUT2D eigenvalue weighted by atomic mass is 10.1. The van der Waals surface area contributed by atoms with E-state index in [0.717, 1.165) is 32.8 Å². The number of hydrogen-bond acceptors (Lipinski definition) is 5. The van der Waals surface area contributed by atoms with Gasteiger partial charge in [0.2, 0.25) is 0 Å². The summed E-state index contributed by atoms with van der Waals surface area (Å²) in [5, 5.41) is 2.92. The average molecular weight is 467 g/mol. The number of anilines is 1. The third-order valence-electron chi connectivity index (χ3n) is 5.66. The van der Waals surface area contributed by atoms with Gasteiger partial charge in [0.15, 0.2) is 0 Å². The minimum absolute atomic E-state index is 0.220. The highest BCUT2D eigenvalue weighted by atomic mass is 32.1. The van der Waals surface area contributed by atoms with E-state index in [-0.39, 0.29) is 11.5 Å². The quantitative estimate of drug-likeness (QED) is 0.374. The summed E-state index contributed by atoms with van der Waals surface area (Å²) in [7, 11) is 0. The molecular formula is C27H22N4O2S. The van der Waals surface area contributed by atoms with E-state index in [2.05, 4.69) is 46.5 Å². The minimum atomic E-state index is -0.252. The van der Waals surface area contributed by atoms with Gasteiger partial charge in [-0.2, -0.15) is 4.98 Å². The molecule has 0 saturated heterocycles. The maximum Gasteiger partial charge on any atom is 0.290 e. The summed E-state index contributed by atoms with van der Waals surface area (Å²) in [5.74, 6) is -0.252. The molecule has 34 heavy (non-hydrogen) atoms. The van der Waals surface area contributed by atoms with Crippen LogP contribution in [-0.2, 0) is 6.54 Å². The number of hydrogen-bond donors (Lipinski definition) is 1. The third kappa shape index (κ3) is 4.38. The zero-order chi connectivity index (χ0) is 23.7. The lowest BCUT2D eigenvalue weighted by molar-refractivity contribution is 0.102. The van der Waals surface area contributed by atoms with Crippen LogP contribution in [0.1, 0.15) is 27.2 Å². The van der Waals surface area contributed by atoms with E-state index >= 15 is 0 Å². The third-order valence-corrected chi connectivity index (χ3v) is 6.82. The fraction of sp³-hybridized carbons (Fsp3) is 0.111. The van der Waals surface area contributed by atoms with Gasteiger partial charge in [0, 0.05) is 23.3 Å². The fourth-order valence-electron chi connectivity index (χ4n) is 3.79. The molecule has 6 nitrogen and oxygen atoms in total. The Labute approximate surface area is 200 Å². The minimum Gasteiger partial charge on any atom is -0.326 e. The highest BCUT2D eigenvalue weighted by Crippen LogP contribution is 2.33. The molecule has 5 rings (SSSR count). The van der Waals surface area contributed by atoms with Crippen LogP contribution in [0.5, 0.6) is 0 Å². The largest absolute Gasteiger partial charge is 0.326 e. The standard InChI is InChI=1S/C27H22N4O2S/c1-17-6-8-19(9-7-17)15-31-16-29-27(33)25-23(31)14-24(34-25)20-10-11-21(18(2)13-20)30-26(32)22-5-3-4-12-28-22/h3-14,16H,15H2,1-2H3,(H,30,32). The zero-order valence-electron chi connectivity index (χ0n) is 18.8. The van der Waals surface area contributed by atoms with E-state index in [9.17, 15) is 9.59 Å². The first kappa shape index (κ1) is 21.7. The number of pyridine rings is 1. The molecule has 0 spiro atoms. The van der Waals surface area contributed by atoms with E-state index in [4.69, 9.17) is 0 Å². The van der Waals surface area contributed by atoms with Crippen LogP contribution in [0.4, 0.5) is 5.69 Å². The van der Waals surface area contributed by atoms with E-state index in [0.29, 0.717) is 16.9 Å². The van der Waals surface area contributed by atoms with Gasteiger partial charge in [-0.05, 0) is 60.9 Å². The number of nitrogens with one attached hydrogen (secondary N) is 1. The Morgan fingerprint density at radius 1 is 1.00 bits per heavy atom. The summed E-state index contributed by atoms with van der Waals surface area (Å²) in [6.45, 7) is 4.64. The van der Waals surface area contributed by atoms with Gasteiger partial charge in [0.05, 0.1) is 11.8 Å². The number of fused-ring (bicyclic) bond motifs is 1. The summed E-state index contributed by atoms with van der Waals surface area (Å²) in [4.78, 5) is 34.1. The lowest BCUT2D eigenvalue weighted by Crippen LogP contribution is -2.14. The van der Waals surface area contributed by atoms with Crippen molar-refractivity contribution in [1.29, 1.82) is 0 Å². The van der Waals surface area contributed by atoms with Gasteiger partial charge in [0.1, 0.15) is 10.4 Å². The molecule has 5 aromatic rings. The number of carbonyl (C=O) groups is 1. The Morgan fingerprint density at radius 2 is 1.82 bits per heavy atom. The molecule has 7 heteroatoms. The maximum atomic E-state index is 12.5. The Bertz CT molecular complexity index is 1550. The first-order valence-corrected chi connectivity index (χ1v) is 11.7. The highest BCUT2D eigenvalue weighted by molar-refractivity contribution is 7.22. The molecule has 0 aliphatic rings. The molecule has 0 aliphatic heterocycles. The molecule has 0 saturated carbocycles. The van der Waals surface area contributed by atoms with Crippen LogP contribution < -0.4 is 10.9 Å². The SMILES string of the molecule is Cc1ccc(Cn2cnc(=O)c3sc(-c4ccc(NC(=O)c5ccccn5)c(C)c4)cc32)cc1. The number of carbonyl (C=O) groups excluding carboxylic acids is 1. The van der Waals surface area contributed by atoms with Crippen LogP contribution in [0, 0.1) is 13.8 Å². The van der Waals surface area contributed by atoms with Crippen molar-refractivity contribution in [2.24, 2.45) is 0 Å². The molecule has 1 N–H and O–H groups in total. The van der Waals surface area contributed by atoms with Crippen molar-refractivity contribution in [1.82, 2.24) is 14.5 Å². The summed E-state index contributed by atoms with van der Waals surface area (Å²) < 4.78 is 2.64. The van der Waals surface area contributed by atoms with Gasteiger partial charge in [-0.15, -0.1) is 11.3 Å². The van der Waals surface area contributed by atoms with Crippen molar-refractivity contribution in [2.75, 3.05) is 5.32 Å². The van der Waals surface area contributed by atoms with E-state index in [1.54, 1.807) is 30.7 Å². The van der Waals surface area contributed by atoms with Crippen molar-refractivity contribution >= 4 is 33.1 Å². The second-order valence-corrected chi connectivity index (χ2v) is 9.24. The number of benzene rings is 2. The van der Waals surface area contributed by atoms with E-state index < -0.39 is 0 Å². The summed E-state index contributed by atoms with van der Waals surface area (Å²) in [6.07, 6.45) is 3.21. The molecule has 2 aromatic carbocycles. The first-order chi connectivity index (χ1) is 16.5. The molecule has 1 amide bonds. The molecule has 0 radical (unpaired) electrons. The van der Waals surface area contributed by atoms with Crippen molar-refractivity contribution in [3.8, 4) is 10.4 Å². The molecule has 168 valence electrons. The molecule has 3 heterocycles. The van der Waals surface area contributed by atoms with Crippen LogP contribution in [0.25, 0.3) is 20.7 Å². The van der Waals surface area contributed by atoms with Crippen LogP contribution in [0.2, 0.25) is 0 Å². The smallest absolute Gasteiger partial charge is 0.290 e. The zero-order valence-corrected chi connectivity index (χ0v) is 19.6. The number of nitrogens with zero attached hydrogens (tertiary/aromatic N) is 3. The molecular weight excluding hydrogens is 444 g/mol. The predicted molar refractivity (Wildman–Crippen MR) is 137 cm³/mol. The molecule has 3 aromatic heterocycles. The number of rotatable bonds is 5. The van der Waals surface area contributed by atoms with Crippen LogP contribution in [0.15, 0.2) is 84.0 Å². The van der Waals surface area contributed by atoms with Crippen LogP contribution >= 0.6 is 11.3 Å². The molecule has 0 atom stereocenters. The summed E-state index contributed by atoms with van der Waals surface area (Å²) >= 11 is 1.44. The maximum absolute atomic E-state index is 12.5. The summed E-state index contributed by atoms with van der Waals surface area (Å²) in [5.41, 5.74) is 6.00. The van der Waals surface area contributed by atoms with Crippen LogP contribution in [-0.4, -0.2) is 20.4 Å². The van der Waals surface area contributed by atoms with Crippen molar-refractivity contribution in [2.45, 2.75) is 20.4 Å². The van der Waals surface area contributed by atoms with Gasteiger partial charge >= 0.3 is 0 Å². The van der Waals surface area contributed by atoms with Crippen molar-refractivity contribution < 1.29 is 4.79 Å². The normalized spacial score (nSPS) is 11.0. The second kappa shape index (κ2) is 9.03. The number of aryl methyl sites for hydroxylation is 2. The van der Waals surface area contributed by atoms with E-state index in [1.807, 2.05) is 35.8 Å². The molecule has 0 bridgehead atoms. The Balaban J connectivity index is 1.45. The van der Waals surface area contributed by atoms with Crippen molar-refractivity contribution in [3.63, 3.8) is 0 Å². The van der Waals surface area contributed by atoms with E-state index in [1.165, 1.54) is 16.9 Å². The van der Waals surface area contributed by atoms with Gasteiger partial charge in [-0.25, -0.2) is 0 Å². The summed E-state index contributed by atoms with van der Waals surface area (Å²) in [6, 6.07) is 21.5. The topological polar surface area (TPSA) is 76.9 Å². The van der Waals surface area contributed by atoms with Gasteiger partial charge < -0.3 is 9.88 Å². The van der Waals surface area contributed by atoms with Gasteiger partial charge in [-0.1, -0.05) is 42.0 Å². The number of thiophene rings is 1. The monoisotopic (exact) mass is 466 g/mol. The van der Waals surface area contributed by atoms with Gasteiger partial charge in [-0.3, -0.25) is 14.6 Å². The Morgan fingerprint density at radius 3 is 2.56 bits per heavy atom. The second-order valence-electron chi connectivity index (χ2n) is 8.19. The lowest BCUT2D eigenvalue weighted by Gasteiger charge is -2.09. The van der Waals surface area contributed by atoms with Crippen molar-refractivity contribution in [3.05, 3.63) is 112 Å².